The van der Waals surface area contributed by atoms with E-state index in [1.807, 2.05) is 6.07 Å². The van der Waals surface area contributed by atoms with Gasteiger partial charge in [-0.15, -0.1) is 0 Å². The van der Waals surface area contributed by atoms with Gasteiger partial charge in [0.1, 0.15) is 0 Å². The molecule has 2 aliphatic rings. The predicted molar refractivity (Wildman–Crippen MR) is 72.1 cm³/mol. The summed E-state index contributed by atoms with van der Waals surface area (Å²) in [6, 6.07) is 6.29. The summed E-state index contributed by atoms with van der Waals surface area (Å²) in [5, 5.41) is 10.8. The first-order chi connectivity index (χ1) is 8.66. The van der Waals surface area contributed by atoms with E-state index in [1.165, 1.54) is 5.56 Å². The first-order valence-electron chi connectivity index (χ1n) is 6.75. The highest BCUT2D eigenvalue weighted by molar-refractivity contribution is 6.31. The van der Waals surface area contributed by atoms with Crippen molar-refractivity contribution in [1.29, 1.82) is 0 Å². The molecule has 1 saturated carbocycles. The van der Waals surface area contributed by atoms with Crippen LogP contribution in [-0.4, -0.2) is 23.9 Å². The number of aliphatic hydroxyl groups is 1. The molecule has 0 spiro atoms. The Morgan fingerprint density at radius 2 is 2.00 bits per heavy atom. The highest BCUT2D eigenvalue weighted by Gasteiger charge is 2.40. The van der Waals surface area contributed by atoms with Gasteiger partial charge in [0.25, 0.3) is 0 Å². The largest absolute Gasteiger partial charge is 0.390 e. The molecule has 1 heterocycles. The molecule has 2 fully saturated rings. The Labute approximate surface area is 113 Å². The van der Waals surface area contributed by atoms with Gasteiger partial charge in [-0.2, -0.15) is 0 Å². The van der Waals surface area contributed by atoms with Gasteiger partial charge in [-0.3, -0.25) is 0 Å². The van der Waals surface area contributed by atoms with E-state index in [-0.39, 0.29) is 0 Å². The normalized spacial score (nSPS) is 23.0. The Bertz CT molecular complexity index is 434. The van der Waals surface area contributed by atoms with Gasteiger partial charge < -0.3 is 9.84 Å². The highest BCUT2D eigenvalue weighted by Crippen LogP contribution is 2.39. The summed E-state index contributed by atoms with van der Waals surface area (Å²) < 4.78 is 5.38. The van der Waals surface area contributed by atoms with Gasteiger partial charge >= 0.3 is 0 Å². The number of halogens is 1. The molecule has 1 N–H and O–H groups in total. The van der Waals surface area contributed by atoms with E-state index < -0.39 is 5.60 Å². The van der Waals surface area contributed by atoms with E-state index >= 15 is 0 Å². The molecular weight excluding hydrogens is 248 g/mol. The molecule has 98 valence electrons. The minimum Gasteiger partial charge on any atom is -0.390 e. The van der Waals surface area contributed by atoms with Gasteiger partial charge in [-0.25, -0.2) is 0 Å². The van der Waals surface area contributed by atoms with Gasteiger partial charge in [0.15, 0.2) is 0 Å². The summed E-state index contributed by atoms with van der Waals surface area (Å²) in [5.41, 5.74) is 1.95. The van der Waals surface area contributed by atoms with E-state index in [0.29, 0.717) is 5.92 Å². The molecule has 18 heavy (non-hydrogen) atoms. The van der Waals surface area contributed by atoms with Crippen molar-refractivity contribution in [1.82, 2.24) is 0 Å². The Morgan fingerprint density at radius 3 is 2.61 bits per heavy atom. The Balaban J connectivity index is 1.75. The molecule has 0 aromatic heterocycles. The third-order valence-corrected chi connectivity index (χ3v) is 4.41. The van der Waals surface area contributed by atoms with Crippen molar-refractivity contribution in [2.24, 2.45) is 0 Å². The monoisotopic (exact) mass is 266 g/mol. The van der Waals surface area contributed by atoms with Crippen LogP contribution in [0.4, 0.5) is 0 Å². The summed E-state index contributed by atoms with van der Waals surface area (Å²) in [6.45, 7) is 1.67. The second-order valence-corrected chi connectivity index (χ2v) is 6.05. The molecule has 1 saturated heterocycles. The van der Waals surface area contributed by atoms with Crippen LogP contribution in [-0.2, 0) is 11.2 Å². The van der Waals surface area contributed by atoms with Crippen LogP contribution in [0.5, 0.6) is 0 Å². The van der Waals surface area contributed by atoms with Gasteiger partial charge in [0.2, 0.25) is 0 Å². The number of ether oxygens (including phenoxy) is 1. The van der Waals surface area contributed by atoms with Crippen LogP contribution in [0, 0.1) is 0 Å². The topological polar surface area (TPSA) is 29.5 Å². The Morgan fingerprint density at radius 1 is 1.28 bits per heavy atom. The smallest absolute Gasteiger partial charge is 0.0690 e. The molecule has 1 aliphatic carbocycles. The first-order valence-corrected chi connectivity index (χ1v) is 7.13. The van der Waals surface area contributed by atoms with Crippen molar-refractivity contribution in [3.8, 4) is 0 Å². The molecule has 3 heteroatoms. The molecule has 0 unspecified atom stereocenters. The molecule has 0 bridgehead atoms. The van der Waals surface area contributed by atoms with Gasteiger partial charge in [-0.1, -0.05) is 23.7 Å². The van der Waals surface area contributed by atoms with E-state index in [0.717, 1.165) is 55.9 Å². The number of hydrogen-bond donors (Lipinski definition) is 1. The lowest BCUT2D eigenvalue weighted by Crippen LogP contribution is -2.15. The average molecular weight is 267 g/mol. The molecule has 1 aromatic carbocycles. The van der Waals surface area contributed by atoms with Crippen LogP contribution in [0.2, 0.25) is 5.02 Å². The lowest BCUT2D eigenvalue weighted by atomic mass is 9.90. The van der Waals surface area contributed by atoms with E-state index in [1.54, 1.807) is 0 Å². The second-order valence-electron chi connectivity index (χ2n) is 5.64. The molecule has 0 amide bonds. The second kappa shape index (κ2) is 4.84. The van der Waals surface area contributed by atoms with Crippen LogP contribution in [0.15, 0.2) is 18.2 Å². The third kappa shape index (κ3) is 2.71. The van der Waals surface area contributed by atoms with Gasteiger partial charge in [0, 0.05) is 24.7 Å². The van der Waals surface area contributed by atoms with Gasteiger partial charge in [-0.05, 0) is 48.8 Å². The lowest BCUT2D eigenvalue weighted by Gasteiger charge is -2.23. The van der Waals surface area contributed by atoms with Crippen LogP contribution in [0.1, 0.15) is 42.7 Å². The third-order valence-electron chi connectivity index (χ3n) is 4.09. The molecule has 0 radical (unpaired) electrons. The average Bonchev–Trinajstić information content (AvgIpc) is 3.08. The Hall–Kier alpha value is -0.570. The number of benzene rings is 1. The van der Waals surface area contributed by atoms with Crippen LogP contribution in [0.3, 0.4) is 0 Å². The van der Waals surface area contributed by atoms with E-state index in [2.05, 4.69) is 12.1 Å². The quantitative estimate of drug-likeness (QED) is 0.910. The summed E-state index contributed by atoms with van der Waals surface area (Å²) in [7, 11) is 0. The number of rotatable bonds is 3. The van der Waals surface area contributed by atoms with Crippen molar-refractivity contribution in [2.45, 2.75) is 43.6 Å². The van der Waals surface area contributed by atoms with E-state index in [9.17, 15) is 5.11 Å². The fourth-order valence-electron chi connectivity index (χ4n) is 2.72. The zero-order valence-corrected chi connectivity index (χ0v) is 11.2. The molecule has 1 aromatic rings. The van der Waals surface area contributed by atoms with Crippen LogP contribution >= 0.6 is 11.6 Å². The number of hydrogen-bond acceptors (Lipinski definition) is 2. The van der Waals surface area contributed by atoms with Crippen molar-refractivity contribution in [2.75, 3.05) is 13.2 Å². The highest BCUT2D eigenvalue weighted by atomic mass is 35.5. The lowest BCUT2D eigenvalue weighted by molar-refractivity contribution is 0.0853. The predicted octanol–water partition coefficient (Wildman–Crippen LogP) is 3.30. The zero-order chi connectivity index (χ0) is 12.6. The molecule has 2 nitrogen and oxygen atoms in total. The molecule has 1 aliphatic heterocycles. The molecule has 3 rings (SSSR count). The van der Waals surface area contributed by atoms with Crippen LogP contribution < -0.4 is 0 Å². The standard InChI is InChI=1S/C15H19ClO2/c16-14-9-11(10-15(17)5-6-15)1-2-13(14)12-3-7-18-8-4-12/h1-2,9,12,17H,3-8,10H2. The summed E-state index contributed by atoms with van der Waals surface area (Å²) in [5.74, 6) is 0.532. The van der Waals surface area contributed by atoms with E-state index in [4.69, 9.17) is 16.3 Å². The van der Waals surface area contributed by atoms with Crippen molar-refractivity contribution < 1.29 is 9.84 Å². The fourth-order valence-corrected chi connectivity index (χ4v) is 3.08. The molecular formula is C15H19ClO2. The summed E-state index contributed by atoms with van der Waals surface area (Å²) in [4.78, 5) is 0. The summed E-state index contributed by atoms with van der Waals surface area (Å²) >= 11 is 6.39. The maximum atomic E-state index is 9.93. The zero-order valence-electron chi connectivity index (χ0n) is 10.5. The Kier molecular flexibility index (Phi) is 3.35. The SMILES string of the molecule is OC1(Cc2ccc(C3CCOCC3)c(Cl)c2)CC1. The maximum absolute atomic E-state index is 9.93. The minimum atomic E-state index is -0.441. The fraction of sp³-hybridized carbons (Fsp3) is 0.600. The first kappa shape index (κ1) is 12.5. The van der Waals surface area contributed by atoms with Crippen LogP contribution in [0.25, 0.3) is 0 Å². The van der Waals surface area contributed by atoms with Crippen molar-refractivity contribution >= 4 is 11.6 Å². The summed E-state index contributed by atoms with van der Waals surface area (Å²) in [6.07, 6.45) is 4.70. The minimum absolute atomic E-state index is 0.441. The maximum Gasteiger partial charge on any atom is 0.0690 e. The molecule has 0 atom stereocenters. The van der Waals surface area contributed by atoms with Gasteiger partial charge in [0.05, 0.1) is 5.60 Å². The van der Waals surface area contributed by atoms with Crippen molar-refractivity contribution in [3.05, 3.63) is 34.3 Å². The van der Waals surface area contributed by atoms with Crippen molar-refractivity contribution in [3.63, 3.8) is 0 Å².